The lowest BCUT2D eigenvalue weighted by atomic mass is 10.00. The Balaban J connectivity index is 1.67. The van der Waals surface area contributed by atoms with E-state index in [0.717, 1.165) is 43.7 Å². The molecule has 0 spiro atoms. The van der Waals surface area contributed by atoms with Gasteiger partial charge < -0.3 is 10.2 Å². The van der Waals surface area contributed by atoms with Gasteiger partial charge in [0.05, 0.1) is 12.2 Å². The molecule has 1 saturated heterocycles. The Hall–Kier alpha value is -2.96. The Morgan fingerprint density at radius 1 is 1.23 bits per heavy atom. The number of hydrogen-bond acceptors (Lipinski definition) is 5. The molecule has 1 atom stereocenters. The minimum atomic E-state index is -0.122. The van der Waals surface area contributed by atoms with E-state index in [1.54, 1.807) is 10.7 Å². The molecule has 0 aliphatic carbocycles. The van der Waals surface area contributed by atoms with Gasteiger partial charge in [0.2, 0.25) is 0 Å². The summed E-state index contributed by atoms with van der Waals surface area (Å²) in [5.41, 5.74) is 3.54. The van der Waals surface area contributed by atoms with Crippen LogP contribution in [0.2, 0.25) is 0 Å². The van der Waals surface area contributed by atoms with Gasteiger partial charge in [-0.1, -0.05) is 6.07 Å². The molecular weight excluding hydrogens is 328 g/mol. The quantitative estimate of drug-likeness (QED) is 0.674. The number of hydrogen-bond donors (Lipinski definition) is 1. The molecule has 1 N–H and O–H groups in total. The summed E-state index contributed by atoms with van der Waals surface area (Å²) in [5.74, 6) is 0.770. The zero-order valence-electron chi connectivity index (χ0n) is 14.4. The van der Waals surface area contributed by atoms with Crippen LogP contribution in [0, 0.1) is 0 Å². The highest BCUT2D eigenvalue weighted by molar-refractivity contribution is 5.99. The monoisotopic (exact) mass is 348 g/mol. The number of carbonyl (C=O) groups is 1. The Kier molecular flexibility index (Phi) is 3.58. The average Bonchev–Trinajstić information content (AvgIpc) is 3.31. The summed E-state index contributed by atoms with van der Waals surface area (Å²) in [6, 6.07) is 6.47. The van der Waals surface area contributed by atoms with Gasteiger partial charge in [-0.2, -0.15) is 5.10 Å². The predicted octanol–water partition coefficient (Wildman–Crippen LogP) is 2.14. The highest BCUT2D eigenvalue weighted by Gasteiger charge is 2.30. The first kappa shape index (κ1) is 15.3. The molecule has 132 valence electrons. The van der Waals surface area contributed by atoms with Gasteiger partial charge in [0.15, 0.2) is 5.65 Å². The summed E-state index contributed by atoms with van der Waals surface area (Å²) in [6.07, 6.45) is 9.27. The van der Waals surface area contributed by atoms with E-state index >= 15 is 0 Å². The van der Waals surface area contributed by atoms with Crippen LogP contribution in [-0.2, 0) is 6.42 Å². The Labute approximate surface area is 151 Å². The summed E-state index contributed by atoms with van der Waals surface area (Å²) in [5, 5.41) is 7.25. The normalized spacial score (nSPS) is 20.1. The molecule has 2 aliphatic heterocycles. The largest absolute Gasteiger partial charge is 0.352 e. The van der Waals surface area contributed by atoms with Crippen molar-refractivity contribution < 1.29 is 4.79 Å². The van der Waals surface area contributed by atoms with Crippen molar-refractivity contribution >= 4 is 17.4 Å². The smallest absolute Gasteiger partial charge is 0.256 e. The van der Waals surface area contributed by atoms with E-state index in [9.17, 15) is 4.79 Å². The van der Waals surface area contributed by atoms with Crippen LogP contribution in [0.4, 0.5) is 5.82 Å². The van der Waals surface area contributed by atoms with Gasteiger partial charge in [-0.25, -0.2) is 9.50 Å². The zero-order valence-corrected chi connectivity index (χ0v) is 14.4. The second-order valence-electron chi connectivity index (χ2n) is 6.86. The molecule has 1 fully saturated rings. The van der Waals surface area contributed by atoms with E-state index < -0.39 is 0 Å². The van der Waals surface area contributed by atoms with Crippen molar-refractivity contribution in [2.45, 2.75) is 31.7 Å². The molecule has 5 rings (SSSR count). The van der Waals surface area contributed by atoms with E-state index in [4.69, 9.17) is 4.98 Å². The van der Waals surface area contributed by atoms with Gasteiger partial charge in [0.1, 0.15) is 11.4 Å². The van der Waals surface area contributed by atoms with E-state index in [1.807, 2.05) is 24.5 Å². The third kappa shape index (κ3) is 2.42. The Morgan fingerprint density at radius 2 is 2.19 bits per heavy atom. The van der Waals surface area contributed by atoms with Crippen LogP contribution in [-0.4, -0.2) is 38.6 Å². The number of nitrogens with zero attached hydrogens (tertiary/aromatic N) is 5. The average molecular weight is 348 g/mol. The maximum absolute atomic E-state index is 12.5. The van der Waals surface area contributed by atoms with Crippen molar-refractivity contribution in [3.8, 4) is 0 Å². The maximum atomic E-state index is 12.5. The van der Waals surface area contributed by atoms with Crippen molar-refractivity contribution in [1.82, 2.24) is 24.9 Å². The molecule has 7 nitrogen and oxygen atoms in total. The summed E-state index contributed by atoms with van der Waals surface area (Å²) >= 11 is 0. The van der Waals surface area contributed by atoms with E-state index in [0.29, 0.717) is 17.8 Å². The topological polar surface area (TPSA) is 75.4 Å². The molecule has 0 radical (unpaired) electrons. The van der Waals surface area contributed by atoms with E-state index in [1.165, 1.54) is 5.56 Å². The van der Waals surface area contributed by atoms with Crippen molar-refractivity contribution in [1.29, 1.82) is 0 Å². The number of aryl methyl sites for hydroxylation is 1. The van der Waals surface area contributed by atoms with E-state index in [2.05, 4.69) is 26.4 Å². The summed E-state index contributed by atoms with van der Waals surface area (Å²) in [7, 11) is 0. The van der Waals surface area contributed by atoms with Crippen LogP contribution in [0.1, 0.15) is 46.9 Å². The fourth-order valence-corrected chi connectivity index (χ4v) is 4.06. The molecule has 0 saturated carbocycles. The number of aromatic nitrogens is 4. The van der Waals surface area contributed by atoms with Crippen LogP contribution in [0.15, 0.2) is 36.8 Å². The molecule has 5 heterocycles. The number of carbonyl (C=O) groups excluding carboxylic acids is 1. The first-order valence-corrected chi connectivity index (χ1v) is 9.14. The number of nitrogens with one attached hydrogen (secondary N) is 1. The third-order valence-electron chi connectivity index (χ3n) is 5.31. The molecule has 2 bridgehead atoms. The molecule has 7 heteroatoms. The second kappa shape index (κ2) is 6.09. The zero-order chi connectivity index (χ0) is 17.5. The van der Waals surface area contributed by atoms with Crippen molar-refractivity contribution in [3.63, 3.8) is 0 Å². The van der Waals surface area contributed by atoms with Gasteiger partial charge >= 0.3 is 0 Å². The highest BCUT2D eigenvalue weighted by Crippen LogP contribution is 2.36. The molecule has 26 heavy (non-hydrogen) atoms. The van der Waals surface area contributed by atoms with Crippen LogP contribution in [0.3, 0.4) is 0 Å². The molecule has 0 unspecified atom stereocenters. The molecule has 2 aliphatic rings. The molecule has 0 aromatic carbocycles. The minimum Gasteiger partial charge on any atom is -0.352 e. The first-order chi connectivity index (χ1) is 12.8. The second-order valence-corrected chi connectivity index (χ2v) is 6.86. The van der Waals surface area contributed by atoms with E-state index in [-0.39, 0.29) is 11.9 Å². The lowest BCUT2D eigenvalue weighted by Crippen LogP contribution is -2.25. The Morgan fingerprint density at radius 3 is 3.15 bits per heavy atom. The molecule has 3 aromatic heterocycles. The Bertz CT molecular complexity index is 981. The molecule has 1 amide bonds. The van der Waals surface area contributed by atoms with Gasteiger partial charge in [-0.3, -0.25) is 9.78 Å². The van der Waals surface area contributed by atoms with Crippen LogP contribution in [0.25, 0.3) is 5.65 Å². The molecule has 3 aromatic rings. The summed E-state index contributed by atoms with van der Waals surface area (Å²) in [6.45, 7) is 1.57. The van der Waals surface area contributed by atoms with Crippen LogP contribution < -0.4 is 10.2 Å². The van der Waals surface area contributed by atoms with Crippen molar-refractivity contribution in [2.75, 3.05) is 18.0 Å². The number of anilines is 1. The highest BCUT2D eigenvalue weighted by atomic mass is 16.1. The number of amides is 1. The predicted molar refractivity (Wildman–Crippen MR) is 97.2 cm³/mol. The van der Waals surface area contributed by atoms with Gasteiger partial charge in [0, 0.05) is 31.2 Å². The number of fused-ring (bicyclic) bond motifs is 5. The SMILES string of the molecule is O=C1NCCCc2ncccc2[C@H]2CCCN2c2ccn3ncc1c3n2. The van der Waals surface area contributed by atoms with Gasteiger partial charge in [-0.05, 0) is 43.4 Å². The van der Waals surface area contributed by atoms with Crippen LogP contribution in [0.5, 0.6) is 0 Å². The lowest BCUT2D eigenvalue weighted by molar-refractivity contribution is 0.0954. The van der Waals surface area contributed by atoms with Crippen molar-refractivity contribution in [3.05, 3.63) is 53.6 Å². The maximum Gasteiger partial charge on any atom is 0.256 e. The standard InChI is InChI=1S/C19H20N6O/c26-19-14-12-22-25-11-7-17(23-18(14)25)24-10-3-6-16(24)13-4-1-8-20-15(13)5-2-9-21-19/h1,4,7-8,11-12,16H,2-3,5-6,9-10H2,(H,21,26)/t16-/m1/s1. The summed E-state index contributed by atoms with van der Waals surface area (Å²) < 4.78 is 1.67. The summed E-state index contributed by atoms with van der Waals surface area (Å²) in [4.78, 5) is 24.3. The fraction of sp³-hybridized carbons (Fsp3) is 0.368. The minimum absolute atomic E-state index is 0.122. The van der Waals surface area contributed by atoms with Gasteiger partial charge in [-0.15, -0.1) is 0 Å². The lowest BCUT2D eigenvalue weighted by Gasteiger charge is -2.27. The number of pyridine rings is 1. The van der Waals surface area contributed by atoms with Crippen molar-refractivity contribution in [2.24, 2.45) is 0 Å². The van der Waals surface area contributed by atoms with Crippen LogP contribution >= 0.6 is 0 Å². The first-order valence-electron chi connectivity index (χ1n) is 9.14. The molecular formula is C19H20N6O. The third-order valence-corrected chi connectivity index (χ3v) is 5.31. The van der Waals surface area contributed by atoms with Gasteiger partial charge in [0.25, 0.3) is 5.91 Å². The number of rotatable bonds is 0. The fourth-order valence-electron chi connectivity index (χ4n) is 4.06.